The fourth-order valence-corrected chi connectivity index (χ4v) is 1.99. The second-order valence-electron chi connectivity index (χ2n) is 4.44. The molecule has 1 aromatic rings. The van der Waals surface area contributed by atoms with E-state index in [9.17, 15) is 4.79 Å². The van der Waals surface area contributed by atoms with E-state index in [4.69, 9.17) is 10.6 Å². The van der Waals surface area contributed by atoms with Crippen LogP contribution >= 0.6 is 0 Å². The van der Waals surface area contributed by atoms with Crippen molar-refractivity contribution in [3.05, 3.63) is 23.9 Å². The molecule has 1 aromatic heterocycles. The number of nitrogens with zero attached hydrogens (tertiary/aromatic N) is 1. The second-order valence-corrected chi connectivity index (χ2v) is 4.44. The molecule has 6 heteroatoms. The van der Waals surface area contributed by atoms with Gasteiger partial charge in [-0.05, 0) is 25.5 Å². The van der Waals surface area contributed by atoms with Gasteiger partial charge in [0.15, 0.2) is 0 Å². The zero-order valence-corrected chi connectivity index (χ0v) is 10.3. The molecule has 2 atom stereocenters. The van der Waals surface area contributed by atoms with Gasteiger partial charge in [0.1, 0.15) is 11.5 Å². The summed E-state index contributed by atoms with van der Waals surface area (Å²) in [6.45, 7) is 3.47. The van der Waals surface area contributed by atoms with Gasteiger partial charge in [0.05, 0.1) is 6.61 Å². The molecule has 0 saturated carbocycles. The molecule has 0 spiro atoms. The van der Waals surface area contributed by atoms with Gasteiger partial charge < -0.3 is 15.5 Å². The smallest absolute Gasteiger partial charge is 0.270 e. The lowest BCUT2D eigenvalue weighted by Crippen LogP contribution is -2.38. The van der Waals surface area contributed by atoms with E-state index in [1.807, 2.05) is 6.92 Å². The Hall–Kier alpha value is -1.66. The quantitative estimate of drug-likeness (QED) is 0.535. The van der Waals surface area contributed by atoms with Gasteiger partial charge in [0, 0.05) is 18.6 Å². The molecule has 6 nitrogen and oxygen atoms in total. The zero-order chi connectivity index (χ0) is 13.0. The number of nitrogens with one attached hydrogen (secondary N) is 2. The van der Waals surface area contributed by atoms with Crippen LogP contribution in [-0.2, 0) is 4.74 Å². The van der Waals surface area contributed by atoms with Crippen molar-refractivity contribution in [2.24, 2.45) is 11.8 Å². The van der Waals surface area contributed by atoms with Gasteiger partial charge >= 0.3 is 0 Å². The van der Waals surface area contributed by atoms with E-state index in [1.165, 1.54) is 0 Å². The average Bonchev–Trinajstić information content (AvgIpc) is 2.92. The molecule has 0 radical (unpaired) electrons. The minimum atomic E-state index is -0.188. The van der Waals surface area contributed by atoms with Crippen LogP contribution in [0.4, 0.5) is 5.82 Å². The molecule has 1 amide bonds. The molecule has 1 aliphatic heterocycles. The lowest BCUT2D eigenvalue weighted by Gasteiger charge is -2.19. The fourth-order valence-electron chi connectivity index (χ4n) is 1.99. The minimum absolute atomic E-state index is 0.0799. The Bertz CT molecular complexity index is 418. The SMILES string of the molecule is CC(NC(=O)c1cccc(NN)n1)C1CCOC1. The van der Waals surface area contributed by atoms with Crippen LogP contribution in [0.1, 0.15) is 23.8 Å². The summed E-state index contributed by atoms with van der Waals surface area (Å²) in [4.78, 5) is 16.1. The summed E-state index contributed by atoms with van der Waals surface area (Å²) in [6.07, 6.45) is 0.985. The summed E-state index contributed by atoms with van der Waals surface area (Å²) in [5.41, 5.74) is 2.78. The van der Waals surface area contributed by atoms with Crippen molar-refractivity contribution in [3.8, 4) is 0 Å². The molecular weight excluding hydrogens is 232 g/mol. The number of nitrogens with two attached hydrogens (primary N) is 1. The topological polar surface area (TPSA) is 89.3 Å². The van der Waals surface area contributed by atoms with Crippen molar-refractivity contribution in [1.29, 1.82) is 0 Å². The number of anilines is 1. The van der Waals surface area contributed by atoms with Crippen LogP contribution in [0.5, 0.6) is 0 Å². The van der Waals surface area contributed by atoms with Crippen LogP contribution < -0.4 is 16.6 Å². The summed E-state index contributed by atoms with van der Waals surface area (Å²) in [5, 5.41) is 2.94. The van der Waals surface area contributed by atoms with Crippen LogP contribution in [0.25, 0.3) is 0 Å². The van der Waals surface area contributed by atoms with Gasteiger partial charge in [-0.15, -0.1) is 0 Å². The number of carbonyl (C=O) groups is 1. The normalized spacial score (nSPS) is 20.4. The first-order valence-electron chi connectivity index (χ1n) is 6.03. The predicted octanol–water partition coefficient (Wildman–Crippen LogP) is 0.522. The van der Waals surface area contributed by atoms with Gasteiger partial charge in [-0.3, -0.25) is 4.79 Å². The van der Waals surface area contributed by atoms with Crippen LogP contribution in [0, 0.1) is 5.92 Å². The maximum Gasteiger partial charge on any atom is 0.270 e. The van der Waals surface area contributed by atoms with Crippen LogP contribution in [-0.4, -0.2) is 30.1 Å². The Morgan fingerprint density at radius 1 is 1.61 bits per heavy atom. The predicted molar refractivity (Wildman–Crippen MR) is 67.9 cm³/mol. The molecule has 1 saturated heterocycles. The molecule has 4 N–H and O–H groups in total. The first-order chi connectivity index (χ1) is 8.70. The standard InChI is InChI=1S/C12H18N4O2/c1-8(9-5-6-18-7-9)14-12(17)10-3-2-4-11(15-10)16-13/h2-4,8-9H,5-7,13H2,1H3,(H,14,17)(H,15,16). The largest absolute Gasteiger partial charge is 0.381 e. The summed E-state index contributed by atoms with van der Waals surface area (Å²) in [7, 11) is 0. The fraction of sp³-hybridized carbons (Fsp3) is 0.500. The summed E-state index contributed by atoms with van der Waals surface area (Å²) in [5.74, 6) is 5.92. The highest BCUT2D eigenvalue weighted by Crippen LogP contribution is 2.16. The molecule has 2 unspecified atom stereocenters. The summed E-state index contributed by atoms with van der Waals surface area (Å²) < 4.78 is 5.31. The zero-order valence-electron chi connectivity index (χ0n) is 10.3. The molecular formula is C12H18N4O2. The number of ether oxygens (including phenoxy) is 1. The lowest BCUT2D eigenvalue weighted by atomic mass is 10.0. The minimum Gasteiger partial charge on any atom is -0.381 e. The maximum absolute atomic E-state index is 12.0. The molecule has 0 aromatic carbocycles. The van der Waals surface area contributed by atoms with E-state index in [2.05, 4.69) is 15.7 Å². The Morgan fingerprint density at radius 3 is 3.11 bits per heavy atom. The molecule has 1 fully saturated rings. The van der Waals surface area contributed by atoms with E-state index >= 15 is 0 Å². The third kappa shape index (κ3) is 2.96. The van der Waals surface area contributed by atoms with E-state index in [-0.39, 0.29) is 11.9 Å². The first-order valence-corrected chi connectivity index (χ1v) is 6.03. The Balaban J connectivity index is 1.97. The molecule has 1 aliphatic rings. The maximum atomic E-state index is 12.0. The first kappa shape index (κ1) is 12.8. The number of hydrogen-bond acceptors (Lipinski definition) is 5. The van der Waals surface area contributed by atoms with Crippen molar-refractivity contribution < 1.29 is 9.53 Å². The van der Waals surface area contributed by atoms with Gasteiger partial charge in [0.25, 0.3) is 5.91 Å². The highest BCUT2D eigenvalue weighted by atomic mass is 16.5. The highest BCUT2D eigenvalue weighted by Gasteiger charge is 2.24. The van der Waals surface area contributed by atoms with Gasteiger partial charge in [-0.2, -0.15) is 0 Å². The second kappa shape index (κ2) is 5.79. The number of rotatable bonds is 4. The number of nitrogen functional groups attached to an aromatic ring is 1. The Labute approximate surface area is 106 Å². The van der Waals surface area contributed by atoms with Gasteiger partial charge in [-0.1, -0.05) is 6.07 Å². The van der Waals surface area contributed by atoms with Crippen LogP contribution in [0.2, 0.25) is 0 Å². The van der Waals surface area contributed by atoms with E-state index in [0.717, 1.165) is 13.0 Å². The van der Waals surface area contributed by atoms with E-state index in [1.54, 1.807) is 18.2 Å². The molecule has 0 aliphatic carbocycles. The van der Waals surface area contributed by atoms with Gasteiger partial charge in [0.2, 0.25) is 0 Å². The molecule has 2 rings (SSSR count). The molecule has 18 heavy (non-hydrogen) atoms. The number of hydrazine groups is 1. The third-order valence-corrected chi connectivity index (χ3v) is 3.16. The summed E-state index contributed by atoms with van der Waals surface area (Å²) >= 11 is 0. The molecule has 0 bridgehead atoms. The number of aromatic nitrogens is 1. The van der Waals surface area contributed by atoms with Crippen molar-refractivity contribution in [1.82, 2.24) is 10.3 Å². The Kier molecular flexibility index (Phi) is 4.11. The number of carbonyl (C=O) groups excluding carboxylic acids is 1. The van der Waals surface area contributed by atoms with Crippen LogP contribution in [0.15, 0.2) is 18.2 Å². The number of amides is 1. The van der Waals surface area contributed by atoms with Crippen LogP contribution in [0.3, 0.4) is 0 Å². The van der Waals surface area contributed by atoms with Crippen molar-refractivity contribution >= 4 is 11.7 Å². The lowest BCUT2D eigenvalue weighted by molar-refractivity contribution is 0.0917. The van der Waals surface area contributed by atoms with Crippen molar-refractivity contribution in [2.75, 3.05) is 18.6 Å². The Morgan fingerprint density at radius 2 is 2.44 bits per heavy atom. The summed E-state index contributed by atoms with van der Waals surface area (Å²) in [6, 6.07) is 5.18. The average molecular weight is 250 g/mol. The molecule has 98 valence electrons. The molecule has 2 heterocycles. The van der Waals surface area contributed by atoms with Crippen molar-refractivity contribution in [3.63, 3.8) is 0 Å². The third-order valence-electron chi connectivity index (χ3n) is 3.16. The monoisotopic (exact) mass is 250 g/mol. The van der Waals surface area contributed by atoms with E-state index in [0.29, 0.717) is 24.0 Å². The highest BCUT2D eigenvalue weighted by molar-refractivity contribution is 5.92. The van der Waals surface area contributed by atoms with Gasteiger partial charge in [-0.25, -0.2) is 10.8 Å². The number of hydrogen-bond donors (Lipinski definition) is 3. The van der Waals surface area contributed by atoms with E-state index < -0.39 is 0 Å². The van der Waals surface area contributed by atoms with Crippen molar-refractivity contribution in [2.45, 2.75) is 19.4 Å². The number of pyridine rings is 1.